The fourth-order valence-corrected chi connectivity index (χ4v) is 1.61. The van der Waals surface area contributed by atoms with Gasteiger partial charge in [0.05, 0.1) is 11.3 Å². The summed E-state index contributed by atoms with van der Waals surface area (Å²) in [5.74, 6) is -1.09. The van der Waals surface area contributed by atoms with Gasteiger partial charge in [0.2, 0.25) is 0 Å². The first-order valence-corrected chi connectivity index (χ1v) is 5.31. The van der Waals surface area contributed by atoms with E-state index in [1.165, 1.54) is 0 Å². The molecule has 1 aromatic carbocycles. The summed E-state index contributed by atoms with van der Waals surface area (Å²) in [4.78, 5) is 7.30. The van der Waals surface area contributed by atoms with Crippen LogP contribution in [0.25, 0.3) is 11.3 Å². The van der Waals surface area contributed by atoms with Crippen LogP contribution in [0, 0.1) is 5.82 Å². The minimum absolute atomic E-state index is 0.0498. The molecule has 0 atom stereocenters. The molecule has 2 aromatic rings. The van der Waals surface area contributed by atoms with E-state index in [2.05, 4.69) is 9.97 Å². The lowest BCUT2D eigenvalue weighted by molar-refractivity contribution is -0.137. The molecule has 100 valence electrons. The summed E-state index contributed by atoms with van der Waals surface area (Å²) in [6.07, 6.45) is -3.57. The van der Waals surface area contributed by atoms with E-state index in [4.69, 9.17) is 17.3 Å². The molecule has 3 nitrogen and oxygen atoms in total. The van der Waals surface area contributed by atoms with Crippen LogP contribution in [0.1, 0.15) is 5.56 Å². The SMILES string of the molecule is Nc1c(Cl)ncnc1-c1ccc(C(F)(F)F)cc1F. The largest absolute Gasteiger partial charge is 0.416 e. The number of anilines is 1. The summed E-state index contributed by atoms with van der Waals surface area (Å²) < 4.78 is 50.9. The number of nitrogens with zero attached hydrogens (tertiary/aromatic N) is 2. The van der Waals surface area contributed by atoms with Crippen molar-refractivity contribution in [3.8, 4) is 11.3 Å². The Labute approximate surface area is 110 Å². The number of hydrogen-bond acceptors (Lipinski definition) is 3. The Morgan fingerprint density at radius 1 is 1.16 bits per heavy atom. The number of hydrogen-bond donors (Lipinski definition) is 1. The molecule has 19 heavy (non-hydrogen) atoms. The van der Waals surface area contributed by atoms with Crippen LogP contribution in [-0.4, -0.2) is 9.97 Å². The molecule has 0 aliphatic rings. The molecule has 0 saturated carbocycles. The van der Waals surface area contributed by atoms with E-state index in [-0.39, 0.29) is 22.1 Å². The van der Waals surface area contributed by atoms with Crippen molar-refractivity contribution < 1.29 is 17.6 Å². The molecule has 0 saturated heterocycles. The highest BCUT2D eigenvalue weighted by Gasteiger charge is 2.31. The molecule has 2 N–H and O–H groups in total. The molecule has 1 heterocycles. The molecule has 2 rings (SSSR count). The lowest BCUT2D eigenvalue weighted by Crippen LogP contribution is -2.06. The van der Waals surface area contributed by atoms with E-state index in [1.807, 2.05) is 0 Å². The fraction of sp³-hybridized carbons (Fsp3) is 0.0909. The van der Waals surface area contributed by atoms with Crippen LogP contribution in [0.15, 0.2) is 24.5 Å². The first kappa shape index (κ1) is 13.5. The van der Waals surface area contributed by atoms with E-state index in [0.29, 0.717) is 6.07 Å². The van der Waals surface area contributed by atoms with Crippen molar-refractivity contribution in [3.05, 3.63) is 41.1 Å². The second-order valence-corrected chi connectivity index (χ2v) is 3.98. The lowest BCUT2D eigenvalue weighted by atomic mass is 10.1. The monoisotopic (exact) mass is 291 g/mol. The van der Waals surface area contributed by atoms with Crippen molar-refractivity contribution in [1.82, 2.24) is 9.97 Å². The Hall–Kier alpha value is -1.89. The number of nitrogen functional groups attached to an aromatic ring is 1. The van der Waals surface area contributed by atoms with E-state index in [0.717, 1.165) is 18.5 Å². The Bertz CT molecular complexity index is 628. The molecule has 0 aliphatic carbocycles. The Morgan fingerprint density at radius 2 is 1.84 bits per heavy atom. The second-order valence-electron chi connectivity index (χ2n) is 3.62. The second kappa shape index (κ2) is 4.65. The number of benzene rings is 1. The predicted octanol–water partition coefficient (Wildman–Crippen LogP) is 3.54. The average Bonchev–Trinajstić information content (AvgIpc) is 2.32. The van der Waals surface area contributed by atoms with Crippen LogP contribution in [-0.2, 0) is 6.18 Å². The third-order valence-electron chi connectivity index (χ3n) is 2.39. The zero-order valence-corrected chi connectivity index (χ0v) is 9.93. The summed E-state index contributed by atoms with van der Waals surface area (Å²) in [5, 5.41) is -0.0932. The maximum absolute atomic E-state index is 13.7. The first-order valence-electron chi connectivity index (χ1n) is 4.94. The molecule has 0 radical (unpaired) electrons. The molecule has 1 aromatic heterocycles. The zero-order chi connectivity index (χ0) is 14.2. The molecule has 8 heteroatoms. The van der Waals surface area contributed by atoms with Crippen molar-refractivity contribution >= 4 is 17.3 Å². The number of rotatable bonds is 1. The fourth-order valence-electron chi connectivity index (χ4n) is 1.47. The first-order chi connectivity index (χ1) is 8.80. The van der Waals surface area contributed by atoms with Crippen LogP contribution in [0.4, 0.5) is 23.2 Å². The minimum Gasteiger partial charge on any atom is -0.394 e. The van der Waals surface area contributed by atoms with Gasteiger partial charge < -0.3 is 5.73 Å². The van der Waals surface area contributed by atoms with E-state index in [9.17, 15) is 17.6 Å². The van der Waals surface area contributed by atoms with Gasteiger partial charge in [-0.15, -0.1) is 0 Å². The topological polar surface area (TPSA) is 51.8 Å². The van der Waals surface area contributed by atoms with Crippen molar-refractivity contribution in [2.45, 2.75) is 6.18 Å². The lowest BCUT2D eigenvalue weighted by Gasteiger charge is -2.10. The van der Waals surface area contributed by atoms with Crippen molar-refractivity contribution in [2.75, 3.05) is 5.73 Å². The van der Waals surface area contributed by atoms with Crippen LogP contribution >= 0.6 is 11.6 Å². The Kier molecular flexibility index (Phi) is 3.32. The Morgan fingerprint density at radius 3 is 2.42 bits per heavy atom. The van der Waals surface area contributed by atoms with Gasteiger partial charge in [-0.2, -0.15) is 13.2 Å². The number of nitrogens with two attached hydrogens (primary N) is 1. The van der Waals surface area contributed by atoms with Crippen molar-refractivity contribution in [3.63, 3.8) is 0 Å². The van der Waals surface area contributed by atoms with Crippen molar-refractivity contribution in [1.29, 1.82) is 0 Å². The summed E-state index contributed by atoms with van der Waals surface area (Å²) in [6, 6.07) is 2.08. The number of aromatic nitrogens is 2. The number of alkyl halides is 3. The molecular formula is C11H6ClF4N3. The summed E-state index contributed by atoms with van der Waals surface area (Å²) >= 11 is 5.64. The molecule has 0 amide bonds. The molecule has 0 fully saturated rings. The van der Waals surface area contributed by atoms with Gasteiger partial charge in [0.25, 0.3) is 0 Å². The maximum Gasteiger partial charge on any atom is 0.416 e. The normalized spacial score (nSPS) is 11.6. The average molecular weight is 292 g/mol. The third-order valence-corrected chi connectivity index (χ3v) is 2.69. The maximum atomic E-state index is 13.7. The Balaban J connectivity index is 2.56. The molecule has 0 aliphatic heterocycles. The smallest absolute Gasteiger partial charge is 0.394 e. The van der Waals surface area contributed by atoms with Gasteiger partial charge in [0.1, 0.15) is 17.8 Å². The highest BCUT2D eigenvalue weighted by Crippen LogP contribution is 2.34. The van der Waals surface area contributed by atoms with E-state index >= 15 is 0 Å². The molecule has 0 unspecified atom stereocenters. The quantitative estimate of drug-likeness (QED) is 0.646. The molecule has 0 bridgehead atoms. The van der Waals surface area contributed by atoms with Gasteiger partial charge in [-0.1, -0.05) is 11.6 Å². The zero-order valence-electron chi connectivity index (χ0n) is 9.17. The highest BCUT2D eigenvalue weighted by atomic mass is 35.5. The van der Waals surface area contributed by atoms with Gasteiger partial charge in [-0.25, -0.2) is 14.4 Å². The number of halogens is 5. The van der Waals surface area contributed by atoms with E-state index < -0.39 is 17.6 Å². The van der Waals surface area contributed by atoms with Gasteiger partial charge in [0, 0.05) is 5.56 Å². The third kappa shape index (κ3) is 2.60. The molecular weight excluding hydrogens is 286 g/mol. The summed E-state index contributed by atoms with van der Waals surface area (Å²) in [6.45, 7) is 0. The minimum atomic E-state index is -4.62. The van der Waals surface area contributed by atoms with Crippen LogP contribution in [0.2, 0.25) is 5.15 Å². The van der Waals surface area contributed by atoms with Gasteiger partial charge in [-0.3, -0.25) is 0 Å². The predicted molar refractivity (Wildman–Crippen MR) is 61.9 cm³/mol. The van der Waals surface area contributed by atoms with Gasteiger partial charge in [-0.05, 0) is 18.2 Å². The highest BCUT2D eigenvalue weighted by molar-refractivity contribution is 6.32. The summed E-state index contributed by atoms with van der Waals surface area (Å²) in [7, 11) is 0. The van der Waals surface area contributed by atoms with E-state index in [1.54, 1.807) is 0 Å². The summed E-state index contributed by atoms with van der Waals surface area (Å²) in [5.41, 5.74) is 4.16. The van der Waals surface area contributed by atoms with Gasteiger partial charge >= 0.3 is 6.18 Å². The molecule has 0 spiro atoms. The van der Waals surface area contributed by atoms with Crippen molar-refractivity contribution in [2.24, 2.45) is 0 Å². The van der Waals surface area contributed by atoms with Crippen LogP contribution < -0.4 is 5.73 Å². The standard InChI is InChI=1S/C11H6ClF4N3/c12-10-8(17)9(18-4-19-10)6-2-1-5(3-7(6)13)11(14,15)16/h1-4H,17H2. The van der Waals surface area contributed by atoms with Crippen LogP contribution in [0.3, 0.4) is 0 Å². The van der Waals surface area contributed by atoms with Crippen LogP contribution in [0.5, 0.6) is 0 Å². The van der Waals surface area contributed by atoms with Gasteiger partial charge in [0.15, 0.2) is 5.15 Å².